The molecule has 2 aromatic carbocycles. The number of nitrogens with zero attached hydrogens (tertiary/aromatic N) is 4. The van der Waals surface area contributed by atoms with Crippen molar-refractivity contribution in [3.63, 3.8) is 0 Å². The van der Waals surface area contributed by atoms with Crippen molar-refractivity contribution < 1.29 is 19.4 Å². The number of aliphatic hydroxyl groups is 1. The van der Waals surface area contributed by atoms with Gasteiger partial charge in [-0.25, -0.2) is 14.5 Å². The van der Waals surface area contributed by atoms with Crippen molar-refractivity contribution in [3.8, 4) is 17.1 Å². The number of hydrogen-bond donors (Lipinski definition) is 2. The molecule has 258 valence electrons. The van der Waals surface area contributed by atoms with E-state index < -0.39 is 6.10 Å². The van der Waals surface area contributed by atoms with Gasteiger partial charge in [-0.05, 0) is 104 Å². The molecular formula is C40H49N5O4. The Hall–Kier alpha value is -4.50. The van der Waals surface area contributed by atoms with E-state index in [1.54, 1.807) is 17.8 Å². The Kier molecular flexibility index (Phi) is 10.8. The molecule has 1 unspecified atom stereocenters. The van der Waals surface area contributed by atoms with Gasteiger partial charge in [-0.2, -0.15) is 5.10 Å². The molecule has 1 aliphatic carbocycles. The third kappa shape index (κ3) is 7.13. The Morgan fingerprint density at radius 1 is 1.00 bits per heavy atom. The number of aliphatic hydroxyl groups excluding tert-OH is 1. The van der Waals surface area contributed by atoms with Crippen LogP contribution < -0.4 is 5.32 Å². The second kappa shape index (κ2) is 15.4. The predicted octanol–water partition coefficient (Wildman–Crippen LogP) is 7.20. The summed E-state index contributed by atoms with van der Waals surface area (Å²) in [5, 5.41) is 18.6. The Morgan fingerprint density at radius 3 is 2.53 bits per heavy atom. The van der Waals surface area contributed by atoms with E-state index in [4.69, 9.17) is 9.72 Å². The van der Waals surface area contributed by atoms with Crippen LogP contribution in [0.1, 0.15) is 110 Å². The smallest absolute Gasteiger partial charge is 0.341 e. The molecular weight excluding hydrogens is 614 g/mol. The SMILES string of the molecule is CCC[C@H](O)C(=O)N1CCC(c2ccc(NC3CCc4cccc(-c5cccc(-n6ncc(C(=O)OCC)c6CC)n5)c43)cc2CC)CC1. The van der Waals surface area contributed by atoms with Crippen molar-refractivity contribution in [2.75, 3.05) is 25.0 Å². The van der Waals surface area contributed by atoms with Crippen molar-refractivity contribution in [2.45, 2.75) is 97.1 Å². The minimum absolute atomic E-state index is 0.121. The van der Waals surface area contributed by atoms with Gasteiger partial charge in [-0.15, -0.1) is 0 Å². The highest BCUT2D eigenvalue weighted by Gasteiger charge is 2.30. The fourth-order valence-corrected chi connectivity index (χ4v) is 7.66. The van der Waals surface area contributed by atoms with E-state index >= 15 is 0 Å². The zero-order valence-corrected chi connectivity index (χ0v) is 29.2. The standard InChI is InChI=1S/C40H49N5O4/c1-5-11-36(46)39(47)44-22-20-27(21-23-44)30-18-17-29(24-26(30)6-2)42-34-19-16-28-12-9-13-31(38(28)34)33-14-10-15-37(43-33)45-35(7-3)32(25-41-45)40(48)49-8-4/h9-10,12-15,17-18,24-25,27,34,36,42,46H,5-8,11,16,19-23H2,1-4H3/t34?,36-/m0/s1. The average Bonchev–Trinajstić information content (AvgIpc) is 3.76. The molecule has 1 aliphatic heterocycles. The highest BCUT2D eigenvalue weighted by Crippen LogP contribution is 2.41. The number of likely N-dealkylation sites (tertiary alicyclic amines) is 1. The molecule has 2 aromatic heterocycles. The Balaban J connectivity index is 1.21. The van der Waals surface area contributed by atoms with E-state index in [0.717, 1.165) is 61.2 Å². The molecule has 0 saturated carbocycles. The zero-order chi connectivity index (χ0) is 34.5. The molecule has 0 radical (unpaired) electrons. The van der Waals surface area contributed by atoms with Gasteiger partial charge in [-0.3, -0.25) is 4.79 Å². The second-order valence-corrected chi connectivity index (χ2v) is 13.2. The lowest BCUT2D eigenvalue weighted by molar-refractivity contribution is -0.141. The molecule has 1 amide bonds. The van der Waals surface area contributed by atoms with Crippen molar-refractivity contribution in [1.29, 1.82) is 0 Å². The van der Waals surface area contributed by atoms with Crippen LogP contribution in [-0.2, 0) is 28.8 Å². The average molecular weight is 664 g/mol. The van der Waals surface area contributed by atoms with Gasteiger partial charge in [0, 0.05) is 24.3 Å². The summed E-state index contributed by atoms with van der Waals surface area (Å²) in [7, 11) is 0. The summed E-state index contributed by atoms with van der Waals surface area (Å²) >= 11 is 0. The van der Waals surface area contributed by atoms with Gasteiger partial charge in [-0.1, -0.05) is 57.5 Å². The summed E-state index contributed by atoms with van der Waals surface area (Å²) in [6.45, 7) is 9.70. The maximum atomic E-state index is 12.7. The topological polar surface area (TPSA) is 110 Å². The molecule has 1 fully saturated rings. The van der Waals surface area contributed by atoms with Crippen LogP contribution >= 0.6 is 0 Å². The first-order chi connectivity index (χ1) is 23.9. The van der Waals surface area contributed by atoms with Gasteiger partial charge in [0.25, 0.3) is 5.91 Å². The summed E-state index contributed by atoms with van der Waals surface area (Å²) in [5.74, 6) is 0.589. The highest BCUT2D eigenvalue weighted by atomic mass is 16.5. The van der Waals surface area contributed by atoms with Crippen molar-refractivity contribution in [1.82, 2.24) is 19.7 Å². The van der Waals surface area contributed by atoms with Gasteiger partial charge >= 0.3 is 5.97 Å². The number of ether oxygens (including phenoxy) is 1. The first-order valence-corrected chi connectivity index (χ1v) is 18.1. The van der Waals surface area contributed by atoms with Crippen LogP contribution in [0.4, 0.5) is 5.69 Å². The lowest BCUT2D eigenvalue weighted by Crippen LogP contribution is -2.43. The molecule has 6 rings (SSSR count). The van der Waals surface area contributed by atoms with Gasteiger partial charge in [0.05, 0.1) is 30.2 Å². The number of carbonyl (C=O) groups is 2. The minimum atomic E-state index is -0.879. The monoisotopic (exact) mass is 663 g/mol. The van der Waals surface area contributed by atoms with Crippen LogP contribution in [0.25, 0.3) is 17.1 Å². The minimum Gasteiger partial charge on any atom is -0.462 e. The number of hydrogen-bond acceptors (Lipinski definition) is 7. The van der Waals surface area contributed by atoms with Crippen LogP contribution in [0.3, 0.4) is 0 Å². The first kappa shape index (κ1) is 34.4. The third-order valence-corrected chi connectivity index (χ3v) is 10.1. The predicted molar refractivity (Wildman–Crippen MR) is 192 cm³/mol. The van der Waals surface area contributed by atoms with Gasteiger partial charge in [0.15, 0.2) is 5.82 Å². The quantitative estimate of drug-likeness (QED) is 0.154. The number of benzene rings is 2. The number of pyridine rings is 1. The lowest BCUT2D eigenvalue weighted by atomic mass is 9.85. The molecule has 49 heavy (non-hydrogen) atoms. The normalized spacial score (nSPS) is 16.8. The van der Waals surface area contributed by atoms with Crippen molar-refractivity contribution >= 4 is 17.6 Å². The van der Waals surface area contributed by atoms with Crippen LogP contribution in [0.2, 0.25) is 0 Å². The zero-order valence-electron chi connectivity index (χ0n) is 29.2. The maximum Gasteiger partial charge on any atom is 0.341 e. The number of fused-ring (bicyclic) bond motifs is 1. The number of nitrogens with one attached hydrogen (secondary N) is 1. The molecule has 1 saturated heterocycles. The Labute approximate surface area is 289 Å². The summed E-state index contributed by atoms with van der Waals surface area (Å²) in [6, 6.07) is 19.4. The lowest BCUT2D eigenvalue weighted by Gasteiger charge is -2.34. The van der Waals surface area contributed by atoms with Gasteiger partial charge in [0.1, 0.15) is 11.7 Å². The van der Waals surface area contributed by atoms with Crippen LogP contribution in [0, 0.1) is 0 Å². The van der Waals surface area contributed by atoms with E-state index in [0.29, 0.717) is 49.8 Å². The molecule has 9 nitrogen and oxygen atoms in total. The van der Waals surface area contributed by atoms with Crippen LogP contribution in [-0.4, -0.2) is 62.4 Å². The number of aromatic nitrogens is 3. The summed E-state index contributed by atoms with van der Waals surface area (Å²) in [4.78, 5) is 32.1. The fraction of sp³-hybridized carbons (Fsp3) is 0.450. The molecule has 2 N–H and O–H groups in total. The largest absolute Gasteiger partial charge is 0.462 e. The number of esters is 1. The molecule has 0 spiro atoms. The Bertz CT molecular complexity index is 1790. The van der Waals surface area contributed by atoms with Crippen molar-refractivity contribution in [2.24, 2.45) is 0 Å². The van der Waals surface area contributed by atoms with E-state index in [2.05, 4.69) is 53.7 Å². The first-order valence-electron chi connectivity index (χ1n) is 18.1. The summed E-state index contributed by atoms with van der Waals surface area (Å²) in [5.41, 5.74) is 9.66. The molecule has 2 aliphatic rings. The third-order valence-electron chi connectivity index (χ3n) is 10.1. The molecule has 0 bridgehead atoms. The number of piperidine rings is 1. The number of rotatable bonds is 12. The fourth-order valence-electron chi connectivity index (χ4n) is 7.66. The molecule has 3 heterocycles. The highest BCUT2D eigenvalue weighted by molar-refractivity contribution is 5.90. The van der Waals surface area contributed by atoms with E-state index in [1.807, 2.05) is 36.9 Å². The summed E-state index contributed by atoms with van der Waals surface area (Å²) < 4.78 is 7.01. The second-order valence-electron chi connectivity index (χ2n) is 13.2. The van der Waals surface area contributed by atoms with Crippen molar-refractivity contribution in [3.05, 3.63) is 94.3 Å². The van der Waals surface area contributed by atoms with E-state index in [-0.39, 0.29) is 17.9 Å². The van der Waals surface area contributed by atoms with Crippen LogP contribution in [0.15, 0.2) is 60.8 Å². The number of carbonyl (C=O) groups excluding carboxylic acids is 2. The molecule has 4 aromatic rings. The molecule has 2 atom stereocenters. The summed E-state index contributed by atoms with van der Waals surface area (Å²) in [6.07, 6.45) is 7.39. The van der Waals surface area contributed by atoms with E-state index in [9.17, 15) is 14.7 Å². The maximum absolute atomic E-state index is 12.7. The van der Waals surface area contributed by atoms with E-state index in [1.165, 1.54) is 22.3 Å². The number of anilines is 1. The van der Waals surface area contributed by atoms with Crippen LogP contribution in [0.5, 0.6) is 0 Å². The van der Waals surface area contributed by atoms with Gasteiger partial charge in [0.2, 0.25) is 0 Å². The van der Waals surface area contributed by atoms with Gasteiger partial charge < -0.3 is 20.1 Å². The number of aryl methyl sites for hydroxylation is 2. The Morgan fingerprint density at radius 2 is 1.80 bits per heavy atom. The molecule has 9 heteroatoms. The number of amides is 1.